The van der Waals surface area contributed by atoms with E-state index >= 15 is 0 Å². The molecule has 236 valence electrons. The van der Waals surface area contributed by atoms with Gasteiger partial charge in [-0.3, -0.25) is 14.3 Å². The van der Waals surface area contributed by atoms with Crippen molar-refractivity contribution in [1.82, 2.24) is 39.4 Å². The number of fused-ring (bicyclic) bond motifs is 1. The van der Waals surface area contributed by atoms with E-state index in [0.29, 0.717) is 34.6 Å². The molecule has 0 N–H and O–H groups in total. The van der Waals surface area contributed by atoms with Crippen molar-refractivity contribution in [2.24, 2.45) is 0 Å². The molecular weight excluding hydrogens is 572 g/mol. The first-order chi connectivity index (χ1) is 21.4. The largest absolute Gasteiger partial charge is 0.444 e. The minimum absolute atomic E-state index is 0.135. The lowest BCUT2D eigenvalue weighted by atomic mass is 10.1. The summed E-state index contributed by atoms with van der Waals surface area (Å²) in [4.78, 5) is 42.3. The number of carbonyl (C=O) groups is 2. The summed E-state index contributed by atoms with van der Waals surface area (Å²) in [6.07, 6.45) is 5.05. The van der Waals surface area contributed by atoms with Gasteiger partial charge >= 0.3 is 6.09 Å². The van der Waals surface area contributed by atoms with Gasteiger partial charge in [-0.15, -0.1) is 10.2 Å². The van der Waals surface area contributed by atoms with Gasteiger partial charge in [-0.25, -0.2) is 19.4 Å². The summed E-state index contributed by atoms with van der Waals surface area (Å²) >= 11 is 0. The van der Waals surface area contributed by atoms with Crippen LogP contribution in [0.3, 0.4) is 0 Å². The molecule has 0 saturated carbocycles. The van der Waals surface area contributed by atoms with Gasteiger partial charge in [0.15, 0.2) is 5.82 Å². The first-order valence-electron chi connectivity index (χ1n) is 15.4. The molecule has 6 rings (SSSR count). The van der Waals surface area contributed by atoms with E-state index in [-0.39, 0.29) is 25.0 Å². The zero-order valence-electron chi connectivity index (χ0n) is 26.9. The average Bonchev–Trinajstić information content (AvgIpc) is 3.79. The minimum Gasteiger partial charge on any atom is -0.444 e. The van der Waals surface area contributed by atoms with Crippen LogP contribution in [0.25, 0.3) is 17.3 Å². The van der Waals surface area contributed by atoms with E-state index in [1.165, 1.54) is 4.90 Å². The summed E-state index contributed by atoms with van der Waals surface area (Å²) in [5, 5.41) is 13.0. The second kappa shape index (κ2) is 11.6. The lowest BCUT2D eigenvalue weighted by molar-refractivity contribution is 0.0282. The molecule has 0 radical (unpaired) electrons. The molecule has 0 unspecified atom stereocenters. The van der Waals surface area contributed by atoms with Gasteiger partial charge in [-0.1, -0.05) is 6.07 Å². The Morgan fingerprint density at radius 1 is 1.16 bits per heavy atom. The van der Waals surface area contributed by atoms with Crippen LogP contribution >= 0.6 is 0 Å². The lowest BCUT2D eigenvalue weighted by Gasteiger charge is -2.26. The normalized spacial score (nSPS) is 16.5. The number of amides is 2. The third-order valence-corrected chi connectivity index (χ3v) is 8.10. The summed E-state index contributed by atoms with van der Waals surface area (Å²) in [5.41, 5.74) is 1.96. The summed E-state index contributed by atoms with van der Waals surface area (Å²) in [6, 6.07) is 9.76. The van der Waals surface area contributed by atoms with E-state index in [0.717, 1.165) is 36.6 Å². The van der Waals surface area contributed by atoms with Crippen molar-refractivity contribution in [3.63, 3.8) is 0 Å². The zero-order valence-corrected chi connectivity index (χ0v) is 26.9. The Bertz CT molecular complexity index is 1740. The topological polar surface area (TPSA) is 127 Å². The fourth-order valence-corrected chi connectivity index (χ4v) is 5.89. The summed E-state index contributed by atoms with van der Waals surface area (Å²) in [7, 11) is 1.69. The van der Waals surface area contributed by atoms with E-state index in [4.69, 9.17) is 14.7 Å². The highest BCUT2D eigenvalue weighted by atomic mass is 16.6. The first kappa shape index (κ1) is 30.2. The standard InChI is InChI=1S/C32H40N10O3/c1-20(2)42-28(13-14-34-42)41-19-33-37-29(41)24-11-8-12-26(35-24)40-17-23-22(30(40)43)16-27(39-15-9-10-21(39)3)36-25(23)18-38(7)31(44)45-32(4,5)6/h8,11-14,16,19-21H,9-10,15,17-18H2,1-7H3/t21-/m1/s1. The second-order valence-electron chi connectivity index (χ2n) is 13.0. The third-order valence-electron chi connectivity index (χ3n) is 8.10. The van der Waals surface area contributed by atoms with Crippen molar-refractivity contribution in [1.29, 1.82) is 0 Å². The molecule has 2 amide bonds. The molecule has 0 aromatic carbocycles. The Kier molecular flexibility index (Phi) is 7.79. The van der Waals surface area contributed by atoms with E-state index in [2.05, 4.69) is 41.0 Å². The van der Waals surface area contributed by atoms with E-state index in [1.54, 1.807) is 24.5 Å². The molecule has 1 atom stereocenters. The number of pyridine rings is 2. The average molecular weight is 613 g/mol. The van der Waals surface area contributed by atoms with Crippen LogP contribution in [0, 0.1) is 0 Å². The maximum absolute atomic E-state index is 14.1. The molecule has 13 nitrogen and oxygen atoms in total. The highest BCUT2D eigenvalue weighted by Crippen LogP contribution is 2.35. The summed E-state index contributed by atoms with van der Waals surface area (Å²) < 4.78 is 9.33. The second-order valence-corrected chi connectivity index (χ2v) is 13.0. The van der Waals surface area contributed by atoms with Crippen LogP contribution in [-0.2, 0) is 17.8 Å². The number of aromatic nitrogens is 7. The molecule has 0 bridgehead atoms. The minimum atomic E-state index is -0.629. The van der Waals surface area contributed by atoms with Gasteiger partial charge in [-0.2, -0.15) is 5.10 Å². The number of carbonyl (C=O) groups excluding carboxylic acids is 2. The monoisotopic (exact) mass is 612 g/mol. The van der Waals surface area contributed by atoms with Crippen LogP contribution in [-0.4, -0.2) is 76.6 Å². The van der Waals surface area contributed by atoms with Crippen LogP contribution in [0.1, 0.15) is 82.0 Å². The molecule has 13 heteroatoms. The van der Waals surface area contributed by atoms with E-state index in [9.17, 15) is 9.59 Å². The van der Waals surface area contributed by atoms with Crippen LogP contribution in [0.15, 0.2) is 42.9 Å². The maximum Gasteiger partial charge on any atom is 0.410 e. The Labute approximate surface area is 262 Å². The van der Waals surface area contributed by atoms with E-state index in [1.807, 2.05) is 60.4 Å². The van der Waals surface area contributed by atoms with Crippen molar-refractivity contribution in [3.8, 4) is 17.3 Å². The highest BCUT2D eigenvalue weighted by Gasteiger charge is 2.35. The van der Waals surface area contributed by atoms with Gasteiger partial charge in [0, 0.05) is 37.3 Å². The predicted molar refractivity (Wildman–Crippen MR) is 169 cm³/mol. The van der Waals surface area contributed by atoms with Gasteiger partial charge in [0.1, 0.15) is 35.1 Å². The molecule has 2 aliphatic rings. The van der Waals surface area contributed by atoms with Gasteiger partial charge in [0.05, 0.1) is 30.5 Å². The predicted octanol–water partition coefficient (Wildman–Crippen LogP) is 5.02. The summed E-state index contributed by atoms with van der Waals surface area (Å²) in [5.74, 6) is 2.43. The maximum atomic E-state index is 14.1. The zero-order chi connectivity index (χ0) is 32.0. The fourth-order valence-electron chi connectivity index (χ4n) is 5.89. The Balaban J connectivity index is 1.34. The first-order valence-corrected chi connectivity index (χ1v) is 15.4. The van der Waals surface area contributed by atoms with Crippen LogP contribution in [0.5, 0.6) is 0 Å². The van der Waals surface area contributed by atoms with Crippen LogP contribution in [0.4, 0.5) is 16.4 Å². The van der Waals surface area contributed by atoms with Gasteiger partial charge in [0.2, 0.25) is 0 Å². The molecule has 0 spiro atoms. The number of hydrogen-bond acceptors (Lipinski definition) is 9. The molecule has 4 aromatic rings. The molecule has 1 saturated heterocycles. The SMILES string of the molecule is CC(C)n1nccc1-n1cnnc1-c1cccc(N2Cc3c(cc(N4CCC[C@H]4C)nc3CN(C)C(=O)OC(C)(C)C)C2=O)n1. The number of ether oxygens (including phenoxy) is 1. The smallest absolute Gasteiger partial charge is 0.410 e. The number of hydrogen-bond donors (Lipinski definition) is 0. The van der Waals surface area contributed by atoms with Crippen molar-refractivity contribution in [3.05, 3.63) is 59.7 Å². The summed E-state index contributed by atoms with van der Waals surface area (Å²) in [6.45, 7) is 13.1. The Hall–Kier alpha value is -4.81. The number of anilines is 2. The molecule has 2 aliphatic heterocycles. The number of rotatable bonds is 7. The van der Waals surface area contributed by atoms with Crippen LogP contribution < -0.4 is 9.80 Å². The van der Waals surface area contributed by atoms with Gasteiger partial charge in [-0.05, 0) is 72.6 Å². The molecular formula is C32H40N10O3. The van der Waals surface area contributed by atoms with Crippen LogP contribution in [0.2, 0.25) is 0 Å². The van der Waals surface area contributed by atoms with Crippen molar-refractivity contribution >= 4 is 23.6 Å². The van der Waals surface area contributed by atoms with E-state index < -0.39 is 11.7 Å². The van der Waals surface area contributed by atoms with Gasteiger partial charge in [0.25, 0.3) is 5.91 Å². The van der Waals surface area contributed by atoms with Crippen molar-refractivity contribution in [2.45, 2.75) is 85.2 Å². The highest BCUT2D eigenvalue weighted by molar-refractivity contribution is 6.10. The molecule has 0 aliphatic carbocycles. The van der Waals surface area contributed by atoms with Gasteiger partial charge < -0.3 is 14.5 Å². The Morgan fingerprint density at radius 2 is 1.96 bits per heavy atom. The molecule has 1 fully saturated rings. The quantitative estimate of drug-likeness (QED) is 0.283. The van der Waals surface area contributed by atoms with Crippen molar-refractivity contribution < 1.29 is 14.3 Å². The number of nitrogens with zero attached hydrogens (tertiary/aromatic N) is 10. The lowest BCUT2D eigenvalue weighted by Crippen LogP contribution is -2.34. The molecule has 45 heavy (non-hydrogen) atoms. The fraction of sp³-hybridized carbons (Fsp3) is 0.469. The van der Waals surface area contributed by atoms with Crippen molar-refractivity contribution in [2.75, 3.05) is 23.4 Å². The molecule has 4 aromatic heterocycles. The molecule has 6 heterocycles. The third kappa shape index (κ3) is 5.86. The Morgan fingerprint density at radius 3 is 2.67 bits per heavy atom.